The molecule has 1 N–H and O–H groups in total. The number of carbonyl (C=O) groups excluding carboxylic acids is 1. The van der Waals surface area contributed by atoms with Crippen molar-refractivity contribution >= 4 is 43.5 Å². The lowest BCUT2D eigenvalue weighted by atomic mass is 10.1. The van der Waals surface area contributed by atoms with Gasteiger partial charge in [-0.05, 0) is 42.5 Å². The summed E-state index contributed by atoms with van der Waals surface area (Å²) in [7, 11) is 3.09. The van der Waals surface area contributed by atoms with Gasteiger partial charge in [0.1, 0.15) is 11.5 Å². The lowest BCUT2D eigenvalue weighted by Crippen LogP contribution is -2.13. The van der Waals surface area contributed by atoms with Crippen molar-refractivity contribution in [1.82, 2.24) is 9.97 Å². The van der Waals surface area contributed by atoms with E-state index in [1.807, 2.05) is 0 Å². The van der Waals surface area contributed by atoms with Crippen LogP contribution >= 0.6 is 11.3 Å². The Morgan fingerprint density at radius 1 is 0.919 bits per heavy atom. The molecule has 0 unspecified atom stereocenters. The van der Waals surface area contributed by atoms with Crippen LogP contribution in [0.3, 0.4) is 0 Å². The van der Waals surface area contributed by atoms with Gasteiger partial charge in [0.05, 0.1) is 35.5 Å². The van der Waals surface area contributed by atoms with Gasteiger partial charge < -0.3 is 14.2 Å². The maximum atomic E-state index is 13.0. The molecular weight excluding hydrogens is 507 g/mol. The number of alkyl halides is 3. The first-order chi connectivity index (χ1) is 17.7. The van der Waals surface area contributed by atoms with E-state index in [9.17, 15) is 18.0 Å². The van der Waals surface area contributed by atoms with Crippen LogP contribution in [0.25, 0.3) is 21.1 Å². The van der Waals surface area contributed by atoms with E-state index >= 15 is 0 Å². The molecule has 0 saturated carbocycles. The van der Waals surface area contributed by atoms with Crippen molar-refractivity contribution in [3.05, 3.63) is 78.0 Å². The molecule has 37 heavy (non-hydrogen) atoms. The Morgan fingerprint density at radius 2 is 1.70 bits per heavy atom. The molecule has 2 aromatic heterocycles. The van der Waals surface area contributed by atoms with E-state index < -0.39 is 17.6 Å². The van der Waals surface area contributed by atoms with E-state index in [0.29, 0.717) is 34.0 Å². The van der Waals surface area contributed by atoms with E-state index in [-0.39, 0.29) is 10.7 Å². The molecule has 0 saturated heterocycles. The highest BCUT2D eigenvalue weighted by molar-refractivity contribution is 7.22. The second-order valence-corrected chi connectivity index (χ2v) is 8.85. The molecule has 188 valence electrons. The van der Waals surface area contributed by atoms with Gasteiger partial charge in [0.2, 0.25) is 0 Å². The molecule has 0 atom stereocenters. The third-order valence-electron chi connectivity index (χ3n) is 5.47. The number of carbonyl (C=O) groups is 1. The molecule has 0 bridgehead atoms. The topological polar surface area (TPSA) is 82.6 Å². The fraction of sp³-hybridized carbons (Fsp3) is 0.115. The van der Waals surface area contributed by atoms with Crippen molar-refractivity contribution in [2.75, 3.05) is 19.5 Å². The van der Waals surface area contributed by atoms with E-state index in [4.69, 9.17) is 14.2 Å². The minimum absolute atomic E-state index is 0.116. The summed E-state index contributed by atoms with van der Waals surface area (Å²) in [5, 5.41) is 3.54. The first-order valence-electron chi connectivity index (χ1n) is 10.8. The second-order valence-electron chi connectivity index (χ2n) is 7.82. The summed E-state index contributed by atoms with van der Waals surface area (Å²) in [5.41, 5.74) is 0.247. The molecular formula is C26H18F3N3O4S. The summed E-state index contributed by atoms with van der Waals surface area (Å²) >= 11 is 1.18. The predicted molar refractivity (Wildman–Crippen MR) is 134 cm³/mol. The number of thiazole rings is 1. The zero-order valence-electron chi connectivity index (χ0n) is 19.4. The van der Waals surface area contributed by atoms with Crippen molar-refractivity contribution in [2.24, 2.45) is 0 Å². The Labute approximate surface area is 212 Å². The highest BCUT2D eigenvalue weighted by Crippen LogP contribution is 2.38. The van der Waals surface area contributed by atoms with Crippen molar-refractivity contribution in [1.29, 1.82) is 0 Å². The first-order valence-corrected chi connectivity index (χ1v) is 11.6. The van der Waals surface area contributed by atoms with Crippen LogP contribution in [0.1, 0.15) is 15.9 Å². The monoisotopic (exact) mass is 525 g/mol. The van der Waals surface area contributed by atoms with Gasteiger partial charge in [0, 0.05) is 29.3 Å². The number of benzene rings is 3. The van der Waals surface area contributed by atoms with E-state index in [1.54, 1.807) is 56.8 Å². The molecule has 0 aliphatic heterocycles. The smallest absolute Gasteiger partial charge is 0.416 e. The summed E-state index contributed by atoms with van der Waals surface area (Å²) in [4.78, 5) is 21.3. The molecule has 0 fully saturated rings. The summed E-state index contributed by atoms with van der Waals surface area (Å²) in [6, 6.07) is 14.7. The highest BCUT2D eigenvalue weighted by atomic mass is 32.1. The van der Waals surface area contributed by atoms with Gasteiger partial charge in [-0.1, -0.05) is 17.4 Å². The van der Waals surface area contributed by atoms with Gasteiger partial charge in [0.15, 0.2) is 16.6 Å². The molecule has 3 aromatic carbocycles. The molecule has 2 heterocycles. The number of aromatic nitrogens is 2. The molecule has 11 heteroatoms. The second kappa shape index (κ2) is 9.58. The summed E-state index contributed by atoms with van der Waals surface area (Å²) in [6.45, 7) is 0. The normalized spacial score (nSPS) is 11.5. The van der Waals surface area contributed by atoms with Crippen LogP contribution in [-0.4, -0.2) is 30.1 Å². The Balaban J connectivity index is 1.39. The summed E-state index contributed by atoms with van der Waals surface area (Å²) in [5.74, 6) is 1.47. The number of amides is 1. The van der Waals surface area contributed by atoms with E-state index in [2.05, 4.69) is 15.3 Å². The number of hydrogen-bond acceptors (Lipinski definition) is 7. The molecule has 0 aliphatic carbocycles. The van der Waals surface area contributed by atoms with Crippen LogP contribution in [0, 0.1) is 0 Å². The molecule has 7 nitrogen and oxygen atoms in total. The zero-order valence-corrected chi connectivity index (χ0v) is 20.2. The van der Waals surface area contributed by atoms with Crippen LogP contribution in [0.5, 0.6) is 23.0 Å². The standard InChI is InChI=1S/C26H18F3N3O4S/c1-34-21-12-17-19(13-22(21)35-2)30-9-8-20(17)36-16-6-7-18-23(11-16)37-25(31-18)32-24(33)14-4-3-5-15(10-14)26(27,28)29/h3-13H,1-2H3,(H,31,32,33). The largest absolute Gasteiger partial charge is 0.493 e. The van der Waals surface area contributed by atoms with Gasteiger partial charge in [-0.15, -0.1) is 0 Å². The number of hydrogen-bond donors (Lipinski definition) is 1. The van der Waals surface area contributed by atoms with Gasteiger partial charge in [0.25, 0.3) is 5.91 Å². The van der Waals surface area contributed by atoms with Gasteiger partial charge >= 0.3 is 6.18 Å². The fourth-order valence-electron chi connectivity index (χ4n) is 3.69. The molecule has 5 aromatic rings. The number of rotatable bonds is 6. The van der Waals surface area contributed by atoms with Gasteiger partial charge in [-0.2, -0.15) is 13.2 Å². The predicted octanol–water partition coefficient (Wildman–Crippen LogP) is 6.93. The molecule has 0 radical (unpaired) electrons. The summed E-state index contributed by atoms with van der Waals surface area (Å²) in [6.07, 6.45) is -2.92. The SMILES string of the molecule is COc1cc2nccc(Oc3ccc4nc(NC(=O)c5cccc(C(F)(F)F)c5)sc4c3)c2cc1OC. The first kappa shape index (κ1) is 24.3. The van der Waals surface area contributed by atoms with Crippen molar-refractivity contribution in [3.63, 3.8) is 0 Å². The van der Waals surface area contributed by atoms with E-state index in [0.717, 1.165) is 22.2 Å². The maximum Gasteiger partial charge on any atom is 0.416 e. The Hall–Kier alpha value is -4.38. The Kier molecular flexibility index (Phi) is 6.30. The number of nitrogens with one attached hydrogen (secondary N) is 1. The number of ether oxygens (including phenoxy) is 3. The average Bonchev–Trinajstić information content (AvgIpc) is 3.29. The number of halogens is 3. The molecule has 0 aliphatic rings. The minimum atomic E-state index is -4.54. The van der Waals surface area contributed by atoms with Crippen LogP contribution < -0.4 is 19.5 Å². The Bertz CT molecular complexity index is 1640. The van der Waals surface area contributed by atoms with Crippen molar-refractivity contribution < 1.29 is 32.2 Å². The number of pyridine rings is 1. The van der Waals surface area contributed by atoms with Gasteiger partial charge in [-0.3, -0.25) is 15.1 Å². The lowest BCUT2D eigenvalue weighted by molar-refractivity contribution is -0.137. The zero-order chi connectivity index (χ0) is 26.2. The Morgan fingerprint density at radius 3 is 2.46 bits per heavy atom. The quantitative estimate of drug-likeness (QED) is 0.259. The van der Waals surface area contributed by atoms with Crippen LogP contribution in [0.2, 0.25) is 0 Å². The van der Waals surface area contributed by atoms with E-state index in [1.165, 1.54) is 23.5 Å². The molecule has 0 spiro atoms. The lowest BCUT2D eigenvalue weighted by Gasteiger charge is -2.12. The highest BCUT2D eigenvalue weighted by Gasteiger charge is 2.31. The third-order valence-corrected chi connectivity index (χ3v) is 6.40. The number of methoxy groups -OCH3 is 2. The van der Waals surface area contributed by atoms with Crippen molar-refractivity contribution in [3.8, 4) is 23.0 Å². The average molecular weight is 526 g/mol. The third kappa shape index (κ3) is 4.98. The number of fused-ring (bicyclic) bond motifs is 2. The van der Waals surface area contributed by atoms with Crippen LogP contribution in [0.4, 0.5) is 18.3 Å². The molecule has 1 amide bonds. The fourth-order valence-corrected chi connectivity index (χ4v) is 4.58. The van der Waals surface area contributed by atoms with Crippen LogP contribution in [0.15, 0.2) is 66.9 Å². The molecule has 5 rings (SSSR count). The number of nitrogens with zero attached hydrogens (tertiary/aromatic N) is 2. The van der Waals surface area contributed by atoms with Crippen LogP contribution in [-0.2, 0) is 6.18 Å². The maximum absolute atomic E-state index is 13.0. The number of anilines is 1. The summed E-state index contributed by atoms with van der Waals surface area (Å²) < 4.78 is 56.5. The minimum Gasteiger partial charge on any atom is -0.493 e. The van der Waals surface area contributed by atoms with Gasteiger partial charge in [-0.25, -0.2) is 4.98 Å². The van der Waals surface area contributed by atoms with Crippen molar-refractivity contribution in [2.45, 2.75) is 6.18 Å².